The van der Waals surface area contributed by atoms with Gasteiger partial charge < -0.3 is 15.0 Å². The first kappa shape index (κ1) is 17.9. The minimum Gasteiger partial charge on any atom is -0.481 e. The van der Waals surface area contributed by atoms with E-state index in [2.05, 4.69) is 4.98 Å². The number of aromatic nitrogens is 1. The Balaban J connectivity index is 1.96. The second kappa shape index (κ2) is 6.78. The highest BCUT2D eigenvalue weighted by Gasteiger charge is 2.41. The second-order valence-corrected chi connectivity index (χ2v) is 6.96. The molecule has 136 valence electrons. The molecule has 1 aromatic heterocycles. The molecular formula is C20H22N2O4. The van der Waals surface area contributed by atoms with Crippen LogP contribution in [0.1, 0.15) is 38.7 Å². The standard InChI is InChI=1S/C20H22N2O4/c1-11-6-4-5-7-14(11)15-9-22(10-16(15)20(25)26)19(24)17-12(2)8-13(3)21-18(17)23/h4-8,15-16H,9-10H2,1-3H3,(H,21,23)(H,25,26)/t15-,16+/m0/s1. The van der Waals surface area contributed by atoms with Gasteiger partial charge in [0.25, 0.3) is 11.5 Å². The Labute approximate surface area is 151 Å². The van der Waals surface area contributed by atoms with Gasteiger partial charge in [-0.15, -0.1) is 0 Å². The first-order chi connectivity index (χ1) is 12.3. The number of rotatable bonds is 3. The van der Waals surface area contributed by atoms with Crippen LogP contribution in [0.15, 0.2) is 35.1 Å². The number of amides is 1. The lowest BCUT2D eigenvalue weighted by atomic mass is 9.86. The number of pyridine rings is 1. The van der Waals surface area contributed by atoms with Crippen molar-refractivity contribution >= 4 is 11.9 Å². The number of carbonyl (C=O) groups is 2. The fourth-order valence-electron chi connectivity index (χ4n) is 3.82. The summed E-state index contributed by atoms with van der Waals surface area (Å²) in [5.74, 6) is -2.32. The number of aliphatic carboxylic acids is 1. The Bertz CT molecular complexity index is 932. The molecule has 1 saturated heterocycles. The lowest BCUT2D eigenvalue weighted by Gasteiger charge is -2.18. The van der Waals surface area contributed by atoms with E-state index in [1.54, 1.807) is 19.9 Å². The van der Waals surface area contributed by atoms with Crippen molar-refractivity contribution in [3.8, 4) is 0 Å². The minimum absolute atomic E-state index is 0.0881. The first-order valence-electron chi connectivity index (χ1n) is 8.57. The molecule has 0 saturated carbocycles. The maximum Gasteiger partial charge on any atom is 0.308 e. The SMILES string of the molecule is Cc1cc(C)c(C(=O)N2C[C@@H](C(=O)O)[C@H](c3ccccc3C)C2)c(=O)[nH]1. The van der Waals surface area contributed by atoms with Crippen molar-refractivity contribution in [2.45, 2.75) is 26.7 Å². The van der Waals surface area contributed by atoms with E-state index in [-0.39, 0.29) is 24.6 Å². The van der Waals surface area contributed by atoms with Crippen molar-refractivity contribution < 1.29 is 14.7 Å². The van der Waals surface area contributed by atoms with Crippen molar-refractivity contribution in [2.24, 2.45) is 5.92 Å². The molecule has 0 unspecified atom stereocenters. The molecule has 1 aliphatic rings. The van der Waals surface area contributed by atoms with E-state index < -0.39 is 23.4 Å². The summed E-state index contributed by atoms with van der Waals surface area (Å²) in [6.45, 7) is 5.80. The first-order valence-corrected chi connectivity index (χ1v) is 8.57. The van der Waals surface area contributed by atoms with Crippen LogP contribution >= 0.6 is 0 Å². The maximum atomic E-state index is 12.9. The molecule has 0 aliphatic carbocycles. The van der Waals surface area contributed by atoms with Gasteiger partial charge in [-0.2, -0.15) is 0 Å². The lowest BCUT2D eigenvalue weighted by Crippen LogP contribution is -2.35. The molecular weight excluding hydrogens is 332 g/mol. The Morgan fingerprint density at radius 3 is 2.42 bits per heavy atom. The Morgan fingerprint density at radius 1 is 1.12 bits per heavy atom. The van der Waals surface area contributed by atoms with E-state index in [0.717, 1.165) is 11.1 Å². The summed E-state index contributed by atoms with van der Waals surface area (Å²) in [5.41, 5.74) is 2.88. The van der Waals surface area contributed by atoms with Gasteiger partial charge in [0.15, 0.2) is 0 Å². The van der Waals surface area contributed by atoms with Gasteiger partial charge in [0, 0.05) is 24.7 Å². The van der Waals surface area contributed by atoms with Crippen LogP contribution in [0.5, 0.6) is 0 Å². The fourth-order valence-corrected chi connectivity index (χ4v) is 3.82. The molecule has 0 spiro atoms. The number of hydrogen-bond acceptors (Lipinski definition) is 3. The highest BCUT2D eigenvalue weighted by atomic mass is 16.4. The molecule has 0 bridgehead atoms. The van der Waals surface area contributed by atoms with E-state index in [9.17, 15) is 19.5 Å². The summed E-state index contributed by atoms with van der Waals surface area (Å²) in [6, 6.07) is 9.38. The predicted octanol–water partition coefficient (Wildman–Crippen LogP) is 2.24. The van der Waals surface area contributed by atoms with E-state index in [0.29, 0.717) is 11.3 Å². The fraction of sp³-hybridized carbons (Fsp3) is 0.350. The third-order valence-electron chi connectivity index (χ3n) is 5.09. The van der Waals surface area contributed by atoms with Gasteiger partial charge in [0.1, 0.15) is 5.56 Å². The summed E-state index contributed by atoms with van der Waals surface area (Å²) in [7, 11) is 0. The van der Waals surface area contributed by atoms with E-state index in [4.69, 9.17) is 0 Å². The van der Waals surface area contributed by atoms with Crippen LogP contribution in [-0.4, -0.2) is 40.0 Å². The Morgan fingerprint density at radius 2 is 1.81 bits per heavy atom. The number of hydrogen-bond donors (Lipinski definition) is 2. The van der Waals surface area contributed by atoms with Crippen molar-refractivity contribution in [3.05, 3.63) is 68.6 Å². The summed E-state index contributed by atoms with van der Waals surface area (Å²) in [4.78, 5) is 41.1. The Hall–Kier alpha value is -2.89. The van der Waals surface area contributed by atoms with E-state index in [1.165, 1.54) is 4.90 Å². The zero-order valence-corrected chi connectivity index (χ0v) is 15.1. The number of H-pyrrole nitrogens is 1. The van der Waals surface area contributed by atoms with Gasteiger partial charge in [0.05, 0.1) is 5.92 Å². The number of carboxylic acid groups (broad SMARTS) is 1. The van der Waals surface area contributed by atoms with Crippen molar-refractivity contribution in [3.63, 3.8) is 0 Å². The van der Waals surface area contributed by atoms with Crippen molar-refractivity contribution in [1.82, 2.24) is 9.88 Å². The number of benzene rings is 1. The van der Waals surface area contributed by atoms with Gasteiger partial charge in [-0.1, -0.05) is 24.3 Å². The van der Waals surface area contributed by atoms with Gasteiger partial charge in [-0.3, -0.25) is 14.4 Å². The molecule has 3 rings (SSSR count). The molecule has 1 amide bonds. The van der Waals surface area contributed by atoms with Crippen LogP contribution in [0.3, 0.4) is 0 Å². The van der Waals surface area contributed by atoms with Gasteiger partial charge in [-0.25, -0.2) is 0 Å². The largest absolute Gasteiger partial charge is 0.481 e. The molecule has 6 nitrogen and oxygen atoms in total. The van der Waals surface area contributed by atoms with Crippen LogP contribution in [0.2, 0.25) is 0 Å². The molecule has 6 heteroatoms. The molecule has 1 aromatic carbocycles. The number of carboxylic acids is 1. The topological polar surface area (TPSA) is 90.5 Å². The quantitative estimate of drug-likeness (QED) is 0.884. The highest BCUT2D eigenvalue weighted by molar-refractivity contribution is 5.96. The summed E-state index contributed by atoms with van der Waals surface area (Å²) >= 11 is 0. The van der Waals surface area contributed by atoms with Crippen LogP contribution < -0.4 is 5.56 Å². The van der Waals surface area contributed by atoms with Crippen LogP contribution in [-0.2, 0) is 4.79 Å². The average molecular weight is 354 g/mol. The lowest BCUT2D eigenvalue weighted by molar-refractivity contribution is -0.141. The third kappa shape index (κ3) is 3.14. The molecule has 1 aliphatic heterocycles. The number of aromatic amines is 1. The summed E-state index contributed by atoms with van der Waals surface area (Å²) in [6.07, 6.45) is 0. The zero-order chi connectivity index (χ0) is 19.0. The molecule has 2 aromatic rings. The summed E-state index contributed by atoms with van der Waals surface area (Å²) < 4.78 is 0. The average Bonchev–Trinajstić information content (AvgIpc) is 2.99. The van der Waals surface area contributed by atoms with E-state index >= 15 is 0 Å². The van der Waals surface area contributed by atoms with Gasteiger partial charge in [-0.05, 0) is 43.5 Å². The minimum atomic E-state index is -0.928. The number of nitrogens with one attached hydrogen (secondary N) is 1. The van der Waals surface area contributed by atoms with Crippen LogP contribution in [0, 0.1) is 26.7 Å². The molecule has 2 atom stereocenters. The smallest absolute Gasteiger partial charge is 0.308 e. The molecule has 2 N–H and O–H groups in total. The number of aryl methyl sites for hydroxylation is 3. The van der Waals surface area contributed by atoms with E-state index in [1.807, 2.05) is 31.2 Å². The maximum absolute atomic E-state index is 12.9. The highest BCUT2D eigenvalue weighted by Crippen LogP contribution is 2.35. The summed E-state index contributed by atoms with van der Waals surface area (Å²) in [5, 5.41) is 9.65. The number of carbonyl (C=O) groups excluding carboxylic acids is 1. The molecule has 0 radical (unpaired) electrons. The van der Waals surface area contributed by atoms with Gasteiger partial charge >= 0.3 is 5.97 Å². The third-order valence-corrected chi connectivity index (χ3v) is 5.09. The predicted molar refractivity (Wildman–Crippen MR) is 97.5 cm³/mol. The second-order valence-electron chi connectivity index (χ2n) is 6.96. The normalized spacial score (nSPS) is 19.6. The zero-order valence-electron chi connectivity index (χ0n) is 15.1. The molecule has 26 heavy (non-hydrogen) atoms. The number of likely N-dealkylation sites (tertiary alicyclic amines) is 1. The van der Waals surface area contributed by atoms with Crippen molar-refractivity contribution in [1.29, 1.82) is 0 Å². The molecule has 1 fully saturated rings. The van der Waals surface area contributed by atoms with Gasteiger partial charge in [0.2, 0.25) is 0 Å². The van der Waals surface area contributed by atoms with Crippen LogP contribution in [0.25, 0.3) is 0 Å². The number of nitrogens with zero attached hydrogens (tertiary/aromatic N) is 1. The van der Waals surface area contributed by atoms with Crippen LogP contribution in [0.4, 0.5) is 0 Å². The Kier molecular flexibility index (Phi) is 4.68. The van der Waals surface area contributed by atoms with Crippen molar-refractivity contribution in [2.75, 3.05) is 13.1 Å². The monoisotopic (exact) mass is 354 g/mol. The molecule has 2 heterocycles.